The highest BCUT2D eigenvalue weighted by Crippen LogP contribution is 2.29. The molecule has 1 unspecified atom stereocenters. The molecule has 1 N–H and O–H groups in total. The van der Waals surface area contributed by atoms with E-state index in [2.05, 4.69) is 36.7 Å². The molecule has 1 heterocycles. The minimum Gasteiger partial charge on any atom is -0.488 e. The maximum Gasteiger partial charge on any atom is 0.123 e. The third-order valence-electron chi connectivity index (χ3n) is 3.78. The Hall–Kier alpha value is -0.670. The SMILES string of the molecule is CSCCCCCCNCC1Cc2cc(C)ccc2O1. The molecule has 0 radical (unpaired) electrons. The van der Waals surface area contributed by atoms with Gasteiger partial charge in [0.2, 0.25) is 0 Å². The summed E-state index contributed by atoms with van der Waals surface area (Å²) >= 11 is 1.95. The Kier molecular flexibility index (Phi) is 6.74. The Morgan fingerprint density at radius 2 is 2.10 bits per heavy atom. The molecule has 1 aromatic rings. The molecule has 3 heteroatoms. The second-order valence-corrected chi connectivity index (χ2v) is 6.65. The van der Waals surface area contributed by atoms with Gasteiger partial charge in [-0.1, -0.05) is 30.5 Å². The minimum absolute atomic E-state index is 0.322. The lowest BCUT2D eigenvalue weighted by molar-refractivity contribution is 0.227. The van der Waals surface area contributed by atoms with E-state index in [1.807, 2.05) is 11.8 Å². The van der Waals surface area contributed by atoms with E-state index in [1.54, 1.807) is 0 Å². The fourth-order valence-electron chi connectivity index (χ4n) is 2.68. The Labute approximate surface area is 127 Å². The Morgan fingerprint density at radius 3 is 2.95 bits per heavy atom. The molecule has 0 aromatic heterocycles. The molecule has 0 spiro atoms. The van der Waals surface area contributed by atoms with Crippen LogP contribution in [0.2, 0.25) is 0 Å². The molecule has 0 saturated carbocycles. The van der Waals surface area contributed by atoms with Gasteiger partial charge in [0.1, 0.15) is 11.9 Å². The zero-order valence-corrected chi connectivity index (χ0v) is 13.6. The van der Waals surface area contributed by atoms with Gasteiger partial charge in [-0.3, -0.25) is 0 Å². The lowest BCUT2D eigenvalue weighted by atomic mass is 10.1. The van der Waals surface area contributed by atoms with Gasteiger partial charge in [-0.05, 0) is 49.9 Å². The molecule has 0 bridgehead atoms. The third kappa shape index (κ3) is 5.02. The number of thioether (sulfide) groups is 1. The van der Waals surface area contributed by atoms with Crippen LogP contribution >= 0.6 is 11.8 Å². The van der Waals surface area contributed by atoms with E-state index < -0.39 is 0 Å². The topological polar surface area (TPSA) is 21.3 Å². The maximum atomic E-state index is 5.96. The van der Waals surface area contributed by atoms with Crippen LogP contribution in [0.1, 0.15) is 36.8 Å². The van der Waals surface area contributed by atoms with Crippen molar-refractivity contribution < 1.29 is 4.74 Å². The molecular formula is C17H27NOS. The van der Waals surface area contributed by atoms with E-state index in [1.165, 1.54) is 42.6 Å². The van der Waals surface area contributed by atoms with E-state index in [4.69, 9.17) is 4.74 Å². The van der Waals surface area contributed by atoms with Crippen molar-refractivity contribution in [3.63, 3.8) is 0 Å². The molecule has 0 aliphatic carbocycles. The summed E-state index contributed by atoms with van der Waals surface area (Å²) in [4.78, 5) is 0. The second kappa shape index (κ2) is 8.58. The van der Waals surface area contributed by atoms with Crippen LogP contribution in [0, 0.1) is 6.92 Å². The normalized spacial score (nSPS) is 17.0. The van der Waals surface area contributed by atoms with E-state index >= 15 is 0 Å². The molecular weight excluding hydrogens is 266 g/mol. The third-order valence-corrected chi connectivity index (χ3v) is 4.48. The summed E-state index contributed by atoms with van der Waals surface area (Å²) in [7, 11) is 0. The second-order valence-electron chi connectivity index (χ2n) is 5.67. The minimum atomic E-state index is 0.322. The lowest BCUT2D eigenvalue weighted by Crippen LogP contribution is -2.30. The summed E-state index contributed by atoms with van der Waals surface area (Å²) in [6.45, 7) is 4.23. The highest BCUT2D eigenvalue weighted by molar-refractivity contribution is 7.98. The van der Waals surface area contributed by atoms with Crippen LogP contribution in [-0.4, -0.2) is 31.2 Å². The van der Waals surface area contributed by atoms with Gasteiger partial charge >= 0.3 is 0 Å². The standard InChI is InChI=1S/C17H27NOS/c1-14-7-8-17-15(11-14)12-16(19-17)13-18-9-5-3-4-6-10-20-2/h7-8,11,16,18H,3-6,9-10,12-13H2,1-2H3. The van der Waals surface area contributed by atoms with Crippen molar-refractivity contribution in [1.29, 1.82) is 0 Å². The van der Waals surface area contributed by atoms with Crippen molar-refractivity contribution in [3.05, 3.63) is 29.3 Å². The van der Waals surface area contributed by atoms with Crippen LogP contribution in [0.3, 0.4) is 0 Å². The summed E-state index contributed by atoms with van der Waals surface area (Å²) in [6, 6.07) is 6.49. The number of nitrogens with one attached hydrogen (secondary N) is 1. The molecule has 1 aromatic carbocycles. The van der Waals surface area contributed by atoms with Crippen molar-refractivity contribution in [2.75, 3.05) is 25.1 Å². The Balaban J connectivity index is 1.54. The van der Waals surface area contributed by atoms with E-state index in [0.717, 1.165) is 25.3 Å². The average molecular weight is 293 g/mol. The summed E-state index contributed by atoms with van der Waals surface area (Å²) < 4.78 is 5.96. The molecule has 1 aliphatic heterocycles. The van der Waals surface area contributed by atoms with Crippen molar-refractivity contribution >= 4 is 11.8 Å². The smallest absolute Gasteiger partial charge is 0.123 e. The first-order valence-electron chi connectivity index (χ1n) is 7.75. The summed E-state index contributed by atoms with van der Waals surface area (Å²) in [5.74, 6) is 2.39. The molecule has 2 rings (SSSR count). The van der Waals surface area contributed by atoms with Crippen LogP contribution in [-0.2, 0) is 6.42 Å². The molecule has 0 saturated heterocycles. The quantitative estimate of drug-likeness (QED) is 0.700. The summed E-state index contributed by atoms with van der Waals surface area (Å²) in [5.41, 5.74) is 2.69. The Morgan fingerprint density at radius 1 is 1.25 bits per heavy atom. The van der Waals surface area contributed by atoms with Crippen molar-refractivity contribution in [3.8, 4) is 5.75 Å². The molecule has 112 valence electrons. The monoisotopic (exact) mass is 293 g/mol. The predicted molar refractivity (Wildman–Crippen MR) is 89.0 cm³/mol. The van der Waals surface area contributed by atoms with Gasteiger partial charge < -0.3 is 10.1 Å². The van der Waals surface area contributed by atoms with Crippen molar-refractivity contribution in [2.24, 2.45) is 0 Å². The van der Waals surface area contributed by atoms with Crippen LogP contribution in [0.15, 0.2) is 18.2 Å². The van der Waals surface area contributed by atoms with Gasteiger partial charge in [0, 0.05) is 13.0 Å². The van der Waals surface area contributed by atoms with E-state index in [9.17, 15) is 0 Å². The fourth-order valence-corrected chi connectivity index (χ4v) is 3.17. The molecule has 2 nitrogen and oxygen atoms in total. The van der Waals surface area contributed by atoms with E-state index in [0.29, 0.717) is 6.10 Å². The maximum absolute atomic E-state index is 5.96. The van der Waals surface area contributed by atoms with Gasteiger partial charge in [-0.25, -0.2) is 0 Å². The molecule has 0 amide bonds. The molecule has 0 fully saturated rings. The fraction of sp³-hybridized carbons (Fsp3) is 0.647. The predicted octanol–water partition coefficient (Wildman–Crippen LogP) is 3.81. The number of unbranched alkanes of at least 4 members (excludes halogenated alkanes) is 3. The van der Waals surface area contributed by atoms with Gasteiger partial charge in [0.15, 0.2) is 0 Å². The largest absolute Gasteiger partial charge is 0.488 e. The zero-order valence-electron chi connectivity index (χ0n) is 12.8. The number of aryl methyl sites for hydroxylation is 1. The van der Waals surface area contributed by atoms with Crippen molar-refractivity contribution in [1.82, 2.24) is 5.32 Å². The van der Waals surface area contributed by atoms with Crippen LogP contribution in [0.25, 0.3) is 0 Å². The lowest BCUT2D eigenvalue weighted by Gasteiger charge is -2.11. The number of rotatable bonds is 9. The number of hydrogen-bond donors (Lipinski definition) is 1. The molecule has 20 heavy (non-hydrogen) atoms. The van der Waals surface area contributed by atoms with Crippen LogP contribution in [0.4, 0.5) is 0 Å². The van der Waals surface area contributed by atoms with Gasteiger partial charge in [-0.15, -0.1) is 0 Å². The van der Waals surface area contributed by atoms with Gasteiger partial charge in [-0.2, -0.15) is 11.8 Å². The van der Waals surface area contributed by atoms with Crippen LogP contribution < -0.4 is 10.1 Å². The number of fused-ring (bicyclic) bond motifs is 1. The number of hydrogen-bond acceptors (Lipinski definition) is 3. The summed E-state index contributed by atoms with van der Waals surface area (Å²) in [6.07, 6.45) is 8.92. The zero-order chi connectivity index (χ0) is 14.2. The number of ether oxygens (including phenoxy) is 1. The Bertz CT molecular complexity index is 408. The first-order valence-corrected chi connectivity index (χ1v) is 9.15. The van der Waals surface area contributed by atoms with E-state index in [-0.39, 0.29) is 0 Å². The summed E-state index contributed by atoms with van der Waals surface area (Å²) in [5, 5.41) is 3.54. The highest BCUT2D eigenvalue weighted by atomic mass is 32.2. The molecule has 1 atom stereocenters. The first kappa shape index (κ1) is 15.7. The average Bonchev–Trinajstić information content (AvgIpc) is 2.83. The molecule has 1 aliphatic rings. The van der Waals surface area contributed by atoms with Crippen molar-refractivity contribution in [2.45, 2.75) is 45.1 Å². The van der Waals surface area contributed by atoms with Gasteiger partial charge in [0.25, 0.3) is 0 Å². The van der Waals surface area contributed by atoms with Gasteiger partial charge in [0.05, 0.1) is 0 Å². The van der Waals surface area contributed by atoms with Crippen LogP contribution in [0.5, 0.6) is 5.75 Å². The first-order chi connectivity index (χ1) is 9.79. The number of benzene rings is 1. The highest BCUT2D eigenvalue weighted by Gasteiger charge is 2.21.